The van der Waals surface area contributed by atoms with E-state index in [0.717, 1.165) is 0 Å². The highest BCUT2D eigenvalue weighted by Gasteiger charge is 1.98. The van der Waals surface area contributed by atoms with Crippen LogP contribution in [0.3, 0.4) is 0 Å². The van der Waals surface area contributed by atoms with Gasteiger partial charge in [0, 0.05) is 12.6 Å². The Morgan fingerprint density at radius 3 is 2.29 bits per heavy atom. The highest BCUT2D eigenvalue weighted by molar-refractivity contribution is 5.88. The monoisotopic (exact) mass is 297 g/mol. The van der Waals surface area contributed by atoms with E-state index in [0.29, 0.717) is 31.3 Å². The average molecular weight is 297 g/mol. The van der Waals surface area contributed by atoms with Crippen LogP contribution in [0.2, 0.25) is 0 Å². The summed E-state index contributed by atoms with van der Waals surface area (Å²) in [5.74, 6) is -0.446. The van der Waals surface area contributed by atoms with Crippen LogP contribution in [0.1, 0.15) is 6.92 Å². The lowest BCUT2D eigenvalue weighted by Gasteiger charge is -2.08. The van der Waals surface area contributed by atoms with Gasteiger partial charge in [-0.3, -0.25) is 4.79 Å². The molecular weight excluding hydrogens is 278 g/mol. The number of carboxylic acid groups (broad SMARTS) is 1. The number of anilines is 1. The number of carboxylic acids is 1. The van der Waals surface area contributed by atoms with Crippen molar-refractivity contribution in [2.45, 2.75) is 6.92 Å². The van der Waals surface area contributed by atoms with E-state index in [1.807, 2.05) is 0 Å². The van der Waals surface area contributed by atoms with E-state index in [4.69, 9.17) is 19.3 Å². The number of hydrogen-bond acceptors (Lipinski definition) is 5. The SMILES string of the molecule is CC(=O)Nc1ccc(OCCOCCOCC(=O)O)cc1. The third-order valence-electron chi connectivity index (χ3n) is 2.27. The van der Waals surface area contributed by atoms with Crippen LogP contribution in [0.5, 0.6) is 5.75 Å². The van der Waals surface area contributed by atoms with Crippen molar-refractivity contribution >= 4 is 17.6 Å². The molecule has 0 aliphatic rings. The highest BCUT2D eigenvalue weighted by atomic mass is 16.5. The molecule has 2 N–H and O–H groups in total. The first kappa shape index (κ1) is 16.9. The van der Waals surface area contributed by atoms with Gasteiger partial charge in [0.1, 0.15) is 19.0 Å². The van der Waals surface area contributed by atoms with Gasteiger partial charge >= 0.3 is 5.97 Å². The van der Waals surface area contributed by atoms with Crippen molar-refractivity contribution in [1.29, 1.82) is 0 Å². The quantitative estimate of drug-likeness (QED) is 0.629. The topological polar surface area (TPSA) is 94.1 Å². The zero-order valence-corrected chi connectivity index (χ0v) is 11.8. The summed E-state index contributed by atoms with van der Waals surface area (Å²) >= 11 is 0. The summed E-state index contributed by atoms with van der Waals surface area (Å²) in [4.78, 5) is 21.0. The molecule has 0 saturated heterocycles. The van der Waals surface area contributed by atoms with Gasteiger partial charge in [0.15, 0.2) is 0 Å². The minimum Gasteiger partial charge on any atom is -0.491 e. The van der Waals surface area contributed by atoms with Gasteiger partial charge in [0.05, 0.1) is 19.8 Å². The lowest BCUT2D eigenvalue weighted by Crippen LogP contribution is -2.13. The Morgan fingerprint density at radius 1 is 1.05 bits per heavy atom. The van der Waals surface area contributed by atoms with Gasteiger partial charge in [-0.05, 0) is 24.3 Å². The number of amides is 1. The second kappa shape index (κ2) is 9.73. The Morgan fingerprint density at radius 2 is 1.67 bits per heavy atom. The predicted molar refractivity (Wildman–Crippen MR) is 75.5 cm³/mol. The Labute approximate surface area is 122 Å². The zero-order chi connectivity index (χ0) is 15.5. The Balaban J connectivity index is 2.07. The summed E-state index contributed by atoms with van der Waals surface area (Å²) in [5.41, 5.74) is 0.710. The number of carbonyl (C=O) groups is 2. The summed E-state index contributed by atoms with van der Waals surface area (Å²) in [5, 5.41) is 11.0. The maximum absolute atomic E-state index is 10.9. The number of rotatable bonds is 10. The van der Waals surface area contributed by atoms with Crippen LogP contribution in [0.15, 0.2) is 24.3 Å². The maximum atomic E-state index is 10.9. The van der Waals surface area contributed by atoms with Gasteiger partial charge in [-0.1, -0.05) is 0 Å². The molecule has 0 fully saturated rings. The number of ether oxygens (including phenoxy) is 3. The molecule has 0 aromatic heterocycles. The summed E-state index contributed by atoms with van der Waals surface area (Å²) < 4.78 is 15.5. The lowest BCUT2D eigenvalue weighted by molar-refractivity contribution is -0.142. The number of hydrogen-bond donors (Lipinski definition) is 2. The molecular formula is C14H19NO6. The fraction of sp³-hybridized carbons (Fsp3) is 0.429. The zero-order valence-electron chi connectivity index (χ0n) is 11.8. The molecule has 7 heteroatoms. The van der Waals surface area contributed by atoms with E-state index >= 15 is 0 Å². The van der Waals surface area contributed by atoms with Gasteiger partial charge in [0.2, 0.25) is 5.91 Å². The van der Waals surface area contributed by atoms with Crippen LogP contribution in [0.4, 0.5) is 5.69 Å². The Kier molecular flexibility index (Phi) is 7.85. The van der Waals surface area contributed by atoms with Crippen molar-refractivity contribution in [2.24, 2.45) is 0 Å². The van der Waals surface area contributed by atoms with Crippen LogP contribution in [-0.2, 0) is 19.1 Å². The third-order valence-corrected chi connectivity index (χ3v) is 2.27. The Bertz CT molecular complexity index is 445. The average Bonchev–Trinajstić information content (AvgIpc) is 2.42. The minimum absolute atomic E-state index is 0.123. The van der Waals surface area contributed by atoms with Gasteiger partial charge in [0.25, 0.3) is 0 Å². The molecule has 1 rings (SSSR count). The van der Waals surface area contributed by atoms with Crippen molar-refractivity contribution in [3.8, 4) is 5.75 Å². The van der Waals surface area contributed by atoms with Gasteiger partial charge in [-0.15, -0.1) is 0 Å². The number of benzene rings is 1. The van der Waals surface area contributed by atoms with Gasteiger partial charge in [-0.2, -0.15) is 0 Å². The molecule has 1 aromatic carbocycles. The first-order chi connectivity index (χ1) is 10.1. The molecule has 0 atom stereocenters. The molecule has 116 valence electrons. The summed E-state index contributed by atoms with van der Waals surface area (Å²) in [6.45, 7) is 2.43. The van der Waals surface area contributed by atoms with Gasteiger partial charge < -0.3 is 24.6 Å². The standard InChI is InChI=1S/C14H19NO6/c1-11(16)15-12-2-4-13(5-3-12)21-9-8-19-6-7-20-10-14(17)18/h2-5H,6-10H2,1H3,(H,15,16)(H,17,18). The highest BCUT2D eigenvalue weighted by Crippen LogP contribution is 2.15. The molecule has 0 spiro atoms. The largest absolute Gasteiger partial charge is 0.491 e. The fourth-order valence-corrected chi connectivity index (χ4v) is 1.44. The summed E-state index contributed by atoms with van der Waals surface area (Å²) in [7, 11) is 0. The van der Waals surface area contributed by atoms with Crippen molar-refractivity contribution in [2.75, 3.05) is 38.4 Å². The van der Waals surface area contributed by atoms with Crippen LogP contribution in [0, 0.1) is 0 Å². The van der Waals surface area contributed by atoms with E-state index < -0.39 is 5.97 Å². The van der Waals surface area contributed by atoms with Crippen LogP contribution >= 0.6 is 0 Å². The molecule has 7 nitrogen and oxygen atoms in total. The smallest absolute Gasteiger partial charge is 0.329 e. The van der Waals surface area contributed by atoms with E-state index in [2.05, 4.69) is 5.32 Å². The van der Waals surface area contributed by atoms with E-state index in [9.17, 15) is 9.59 Å². The van der Waals surface area contributed by atoms with Gasteiger partial charge in [-0.25, -0.2) is 4.79 Å². The lowest BCUT2D eigenvalue weighted by atomic mass is 10.3. The molecule has 0 aliphatic carbocycles. The van der Waals surface area contributed by atoms with E-state index in [1.54, 1.807) is 24.3 Å². The Hall–Kier alpha value is -2.12. The fourth-order valence-electron chi connectivity index (χ4n) is 1.44. The first-order valence-corrected chi connectivity index (χ1v) is 6.45. The minimum atomic E-state index is -0.999. The molecule has 0 radical (unpaired) electrons. The van der Waals surface area contributed by atoms with Crippen molar-refractivity contribution in [3.05, 3.63) is 24.3 Å². The molecule has 0 bridgehead atoms. The summed E-state index contributed by atoms with van der Waals surface area (Å²) in [6, 6.07) is 7.00. The molecule has 0 unspecified atom stereocenters. The molecule has 0 heterocycles. The predicted octanol–water partition coefficient (Wildman–Crippen LogP) is 1.14. The first-order valence-electron chi connectivity index (χ1n) is 6.45. The molecule has 1 aromatic rings. The van der Waals surface area contributed by atoms with Crippen molar-refractivity contribution < 1.29 is 28.9 Å². The molecule has 21 heavy (non-hydrogen) atoms. The summed E-state index contributed by atoms with van der Waals surface area (Å²) in [6.07, 6.45) is 0. The molecule has 0 saturated carbocycles. The van der Waals surface area contributed by atoms with Crippen LogP contribution in [-0.4, -0.2) is 50.0 Å². The second-order valence-electron chi connectivity index (χ2n) is 4.11. The van der Waals surface area contributed by atoms with Crippen molar-refractivity contribution in [1.82, 2.24) is 0 Å². The molecule has 1 amide bonds. The maximum Gasteiger partial charge on any atom is 0.329 e. The van der Waals surface area contributed by atoms with Crippen LogP contribution in [0.25, 0.3) is 0 Å². The third kappa shape index (κ3) is 8.61. The van der Waals surface area contributed by atoms with Crippen LogP contribution < -0.4 is 10.1 Å². The number of carbonyl (C=O) groups excluding carboxylic acids is 1. The second-order valence-corrected chi connectivity index (χ2v) is 4.11. The normalized spacial score (nSPS) is 10.1. The number of nitrogens with one attached hydrogen (secondary N) is 1. The molecule has 0 aliphatic heterocycles. The van der Waals surface area contributed by atoms with Crippen molar-refractivity contribution in [3.63, 3.8) is 0 Å². The van der Waals surface area contributed by atoms with E-state index in [-0.39, 0.29) is 19.1 Å². The number of aliphatic carboxylic acids is 1. The van der Waals surface area contributed by atoms with E-state index in [1.165, 1.54) is 6.92 Å².